The summed E-state index contributed by atoms with van der Waals surface area (Å²) in [7, 11) is 0. The molecular formula is C14H17ClF2N2O. The molecular weight excluding hydrogens is 286 g/mol. The number of halogens is 3. The van der Waals surface area contributed by atoms with Crippen molar-refractivity contribution in [3.05, 3.63) is 34.4 Å². The highest BCUT2D eigenvalue weighted by Crippen LogP contribution is 2.20. The number of likely N-dealkylation sites (tertiary alicyclic amines) is 1. The van der Waals surface area contributed by atoms with Crippen molar-refractivity contribution in [1.29, 1.82) is 0 Å². The maximum absolute atomic E-state index is 13.2. The highest BCUT2D eigenvalue weighted by atomic mass is 35.5. The molecule has 1 heterocycles. The number of piperidine rings is 1. The molecule has 1 aliphatic rings. The minimum Gasteiger partial charge on any atom is -0.349 e. The van der Waals surface area contributed by atoms with Gasteiger partial charge in [-0.2, -0.15) is 0 Å². The lowest BCUT2D eigenvalue weighted by atomic mass is 10.0. The number of benzene rings is 1. The van der Waals surface area contributed by atoms with Crippen LogP contribution in [-0.4, -0.2) is 36.5 Å². The number of carbonyl (C=O) groups is 1. The Kier molecular flexibility index (Phi) is 4.94. The number of hydrogen-bond donors (Lipinski definition) is 1. The van der Waals surface area contributed by atoms with Crippen LogP contribution in [0.25, 0.3) is 0 Å². The van der Waals surface area contributed by atoms with E-state index >= 15 is 0 Å². The highest BCUT2D eigenvalue weighted by molar-refractivity contribution is 6.33. The molecule has 110 valence electrons. The van der Waals surface area contributed by atoms with Gasteiger partial charge < -0.3 is 10.2 Å². The molecule has 1 aromatic rings. The number of nitrogens with zero attached hydrogens (tertiary/aromatic N) is 1. The van der Waals surface area contributed by atoms with Crippen molar-refractivity contribution in [2.24, 2.45) is 0 Å². The smallest absolute Gasteiger partial charge is 0.253 e. The lowest BCUT2D eigenvalue weighted by Gasteiger charge is -2.31. The lowest BCUT2D eigenvalue weighted by molar-refractivity contribution is 0.0912. The summed E-state index contributed by atoms with van der Waals surface area (Å²) in [6, 6.07) is 1.72. The Balaban J connectivity index is 2.01. The van der Waals surface area contributed by atoms with E-state index in [1.807, 2.05) is 0 Å². The van der Waals surface area contributed by atoms with Gasteiger partial charge in [0.05, 0.1) is 10.6 Å². The standard InChI is InChI=1S/C14H17ClF2N2O/c1-2-19-5-3-9(4-6-19)18-14(20)10-7-12(16)13(17)8-11(10)15/h7-9H,2-6H2,1H3,(H,18,20). The third kappa shape index (κ3) is 3.46. The monoisotopic (exact) mass is 302 g/mol. The average Bonchev–Trinajstić information content (AvgIpc) is 2.43. The van der Waals surface area contributed by atoms with Crippen LogP contribution in [0.4, 0.5) is 8.78 Å². The molecule has 0 bridgehead atoms. The number of amides is 1. The summed E-state index contributed by atoms with van der Waals surface area (Å²) in [5.74, 6) is -2.58. The minimum atomic E-state index is -1.07. The molecule has 0 saturated carbocycles. The van der Waals surface area contributed by atoms with Crippen LogP contribution in [0.1, 0.15) is 30.1 Å². The summed E-state index contributed by atoms with van der Waals surface area (Å²) in [4.78, 5) is 14.3. The second kappa shape index (κ2) is 6.50. The average molecular weight is 303 g/mol. The molecule has 0 unspecified atom stereocenters. The van der Waals surface area contributed by atoms with E-state index in [4.69, 9.17) is 11.6 Å². The molecule has 1 N–H and O–H groups in total. The first kappa shape index (κ1) is 15.2. The fourth-order valence-corrected chi connectivity index (χ4v) is 2.59. The van der Waals surface area contributed by atoms with E-state index in [0.717, 1.165) is 44.6 Å². The molecule has 6 heteroatoms. The van der Waals surface area contributed by atoms with Gasteiger partial charge in [-0.1, -0.05) is 18.5 Å². The summed E-state index contributed by atoms with van der Waals surface area (Å²) in [6.07, 6.45) is 1.70. The van der Waals surface area contributed by atoms with Gasteiger partial charge in [0, 0.05) is 19.1 Å². The van der Waals surface area contributed by atoms with E-state index in [1.165, 1.54) is 0 Å². The predicted octanol–water partition coefficient (Wildman–Crippen LogP) is 2.83. The van der Waals surface area contributed by atoms with Gasteiger partial charge in [0.25, 0.3) is 5.91 Å². The molecule has 1 saturated heterocycles. The van der Waals surface area contributed by atoms with E-state index < -0.39 is 17.5 Å². The van der Waals surface area contributed by atoms with Crippen molar-refractivity contribution >= 4 is 17.5 Å². The van der Waals surface area contributed by atoms with Gasteiger partial charge in [-0.15, -0.1) is 0 Å². The number of nitrogens with one attached hydrogen (secondary N) is 1. The van der Waals surface area contributed by atoms with Crippen molar-refractivity contribution in [1.82, 2.24) is 10.2 Å². The predicted molar refractivity (Wildman–Crippen MR) is 74.0 cm³/mol. The van der Waals surface area contributed by atoms with E-state index in [0.29, 0.717) is 0 Å². The molecule has 0 spiro atoms. The number of rotatable bonds is 3. The quantitative estimate of drug-likeness (QED) is 0.871. The third-order valence-electron chi connectivity index (χ3n) is 3.62. The summed E-state index contributed by atoms with van der Waals surface area (Å²) in [5, 5.41) is 2.75. The zero-order valence-corrected chi connectivity index (χ0v) is 12.0. The molecule has 2 rings (SSSR count). The van der Waals surface area contributed by atoms with Crippen LogP contribution < -0.4 is 5.32 Å². The van der Waals surface area contributed by atoms with Crippen molar-refractivity contribution in [3.63, 3.8) is 0 Å². The Morgan fingerprint density at radius 1 is 1.35 bits per heavy atom. The third-order valence-corrected chi connectivity index (χ3v) is 3.94. The maximum Gasteiger partial charge on any atom is 0.253 e. The second-order valence-electron chi connectivity index (χ2n) is 4.93. The van der Waals surface area contributed by atoms with Gasteiger partial charge in [-0.25, -0.2) is 8.78 Å². The maximum atomic E-state index is 13.2. The van der Waals surface area contributed by atoms with Crippen molar-refractivity contribution in [3.8, 4) is 0 Å². The Morgan fingerprint density at radius 3 is 2.55 bits per heavy atom. The molecule has 0 aromatic heterocycles. The Morgan fingerprint density at radius 2 is 1.95 bits per heavy atom. The summed E-state index contributed by atoms with van der Waals surface area (Å²) >= 11 is 5.78. The summed E-state index contributed by atoms with van der Waals surface area (Å²) in [5.41, 5.74) is -0.0245. The Hall–Kier alpha value is -1.20. The molecule has 0 radical (unpaired) electrons. The Labute approximate surface area is 121 Å². The van der Waals surface area contributed by atoms with Gasteiger partial charge in [-0.05, 0) is 31.5 Å². The zero-order chi connectivity index (χ0) is 14.7. The Bertz CT molecular complexity index is 502. The number of carbonyl (C=O) groups excluding carboxylic acids is 1. The molecule has 1 aromatic carbocycles. The van der Waals surface area contributed by atoms with E-state index in [2.05, 4.69) is 17.1 Å². The van der Waals surface area contributed by atoms with Crippen LogP contribution in [0, 0.1) is 11.6 Å². The van der Waals surface area contributed by atoms with Crippen LogP contribution in [0.15, 0.2) is 12.1 Å². The SMILES string of the molecule is CCN1CCC(NC(=O)c2cc(F)c(F)cc2Cl)CC1. The summed E-state index contributed by atoms with van der Waals surface area (Å²) in [6.45, 7) is 4.94. The van der Waals surface area contributed by atoms with Crippen molar-refractivity contribution in [2.75, 3.05) is 19.6 Å². The number of hydrogen-bond acceptors (Lipinski definition) is 2. The lowest BCUT2D eigenvalue weighted by Crippen LogP contribution is -2.44. The fraction of sp³-hybridized carbons (Fsp3) is 0.500. The second-order valence-corrected chi connectivity index (χ2v) is 5.34. The largest absolute Gasteiger partial charge is 0.349 e. The molecule has 0 atom stereocenters. The van der Waals surface area contributed by atoms with Crippen LogP contribution in [0.2, 0.25) is 5.02 Å². The minimum absolute atomic E-state index is 0.0245. The molecule has 20 heavy (non-hydrogen) atoms. The van der Waals surface area contributed by atoms with Gasteiger partial charge in [0.15, 0.2) is 11.6 Å². The molecule has 3 nitrogen and oxygen atoms in total. The van der Waals surface area contributed by atoms with Crippen molar-refractivity contribution in [2.45, 2.75) is 25.8 Å². The van der Waals surface area contributed by atoms with Crippen LogP contribution in [0.5, 0.6) is 0 Å². The normalized spacial score (nSPS) is 17.2. The first-order valence-electron chi connectivity index (χ1n) is 6.69. The molecule has 1 fully saturated rings. The molecule has 1 amide bonds. The van der Waals surface area contributed by atoms with Gasteiger partial charge in [0.2, 0.25) is 0 Å². The topological polar surface area (TPSA) is 32.3 Å². The van der Waals surface area contributed by atoms with Gasteiger partial charge in [-0.3, -0.25) is 4.79 Å². The first-order chi connectivity index (χ1) is 9.51. The molecule has 1 aliphatic heterocycles. The first-order valence-corrected chi connectivity index (χ1v) is 7.06. The van der Waals surface area contributed by atoms with E-state index in [1.54, 1.807) is 0 Å². The van der Waals surface area contributed by atoms with Crippen LogP contribution >= 0.6 is 11.6 Å². The van der Waals surface area contributed by atoms with E-state index in [-0.39, 0.29) is 16.6 Å². The van der Waals surface area contributed by atoms with E-state index in [9.17, 15) is 13.6 Å². The van der Waals surface area contributed by atoms with Crippen LogP contribution in [-0.2, 0) is 0 Å². The van der Waals surface area contributed by atoms with Crippen LogP contribution in [0.3, 0.4) is 0 Å². The van der Waals surface area contributed by atoms with Crippen molar-refractivity contribution < 1.29 is 13.6 Å². The van der Waals surface area contributed by atoms with Gasteiger partial charge in [0.1, 0.15) is 0 Å². The zero-order valence-electron chi connectivity index (χ0n) is 11.3. The summed E-state index contributed by atoms with van der Waals surface area (Å²) < 4.78 is 26.1. The molecule has 0 aliphatic carbocycles. The fourth-order valence-electron chi connectivity index (χ4n) is 2.35. The highest BCUT2D eigenvalue weighted by Gasteiger charge is 2.22. The van der Waals surface area contributed by atoms with Gasteiger partial charge >= 0.3 is 0 Å².